The van der Waals surface area contributed by atoms with Crippen molar-refractivity contribution in [2.24, 2.45) is 0 Å². The first kappa shape index (κ1) is 11.3. The van der Waals surface area contributed by atoms with Gasteiger partial charge in [-0.3, -0.25) is 0 Å². The lowest BCUT2D eigenvalue weighted by Crippen LogP contribution is -2.54. The highest BCUT2D eigenvalue weighted by Crippen LogP contribution is 2.29. The molecule has 1 saturated heterocycles. The van der Waals surface area contributed by atoms with Crippen LogP contribution >= 0.6 is 0 Å². The van der Waals surface area contributed by atoms with E-state index in [1.54, 1.807) is 0 Å². The van der Waals surface area contributed by atoms with Crippen LogP contribution in [0.3, 0.4) is 0 Å². The molecule has 2 fully saturated rings. The Labute approximate surface area is 90.5 Å². The Hall–Kier alpha value is -0.160. The van der Waals surface area contributed by atoms with Crippen LogP contribution in [-0.2, 0) is 14.2 Å². The minimum atomic E-state index is -0.344. The maximum absolute atomic E-state index is 9.54. The topological polar surface area (TPSA) is 47.9 Å². The number of rotatable bonds is 5. The lowest BCUT2D eigenvalue weighted by atomic mass is 9.88. The van der Waals surface area contributed by atoms with Gasteiger partial charge >= 0.3 is 0 Å². The predicted octanol–water partition coefficient (Wildman–Crippen LogP) is 0.720. The van der Waals surface area contributed by atoms with Crippen molar-refractivity contribution < 1.29 is 19.3 Å². The van der Waals surface area contributed by atoms with Gasteiger partial charge in [0.05, 0.1) is 24.9 Å². The molecule has 4 unspecified atom stereocenters. The molecule has 1 aliphatic carbocycles. The summed E-state index contributed by atoms with van der Waals surface area (Å²) >= 11 is 0. The standard InChI is InChI=1S/C11H20O4/c1-2-4-14-11-9(12)6-10(11)15-8-3-5-13-7-8/h8-12H,2-7H2,1H3. The third-order valence-corrected chi connectivity index (χ3v) is 2.99. The van der Waals surface area contributed by atoms with Gasteiger partial charge in [0.2, 0.25) is 0 Å². The molecule has 0 amide bonds. The van der Waals surface area contributed by atoms with Crippen LogP contribution in [0.15, 0.2) is 0 Å². The molecule has 1 heterocycles. The van der Waals surface area contributed by atoms with Crippen LogP contribution in [0.5, 0.6) is 0 Å². The molecule has 1 aliphatic heterocycles. The number of aliphatic hydroxyl groups excluding tert-OH is 1. The van der Waals surface area contributed by atoms with Crippen molar-refractivity contribution in [1.82, 2.24) is 0 Å². The Morgan fingerprint density at radius 1 is 1.47 bits per heavy atom. The van der Waals surface area contributed by atoms with E-state index in [1.165, 1.54) is 0 Å². The fraction of sp³-hybridized carbons (Fsp3) is 1.00. The molecule has 2 rings (SSSR count). The van der Waals surface area contributed by atoms with Crippen LogP contribution < -0.4 is 0 Å². The van der Waals surface area contributed by atoms with Crippen LogP contribution in [0.1, 0.15) is 26.2 Å². The average molecular weight is 216 g/mol. The largest absolute Gasteiger partial charge is 0.390 e. The van der Waals surface area contributed by atoms with Crippen molar-refractivity contribution in [2.75, 3.05) is 19.8 Å². The molecule has 0 spiro atoms. The van der Waals surface area contributed by atoms with Crippen LogP contribution in [0.2, 0.25) is 0 Å². The molecule has 88 valence electrons. The van der Waals surface area contributed by atoms with Gasteiger partial charge in [0.15, 0.2) is 0 Å². The maximum Gasteiger partial charge on any atom is 0.110 e. The van der Waals surface area contributed by atoms with E-state index in [0.29, 0.717) is 19.6 Å². The van der Waals surface area contributed by atoms with E-state index >= 15 is 0 Å². The zero-order valence-electron chi connectivity index (χ0n) is 9.22. The lowest BCUT2D eigenvalue weighted by Gasteiger charge is -2.41. The summed E-state index contributed by atoms with van der Waals surface area (Å²) in [4.78, 5) is 0. The van der Waals surface area contributed by atoms with Crippen LogP contribution in [0.4, 0.5) is 0 Å². The summed E-state index contributed by atoms with van der Waals surface area (Å²) in [6, 6.07) is 0. The van der Waals surface area contributed by atoms with Gasteiger partial charge in [0, 0.05) is 19.6 Å². The van der Waals surface area contributed by atoms with Crippen molar-refractivity contribution in [3.05, 3.63) is 0 Å². The quantitative estimate of drug-likeness (QED) is 0.735. The molecule has 4 nitrogen and oxygen atoms in total. The van der Waals surface area contributed by atoms with E-state index in [0.717, 1.165) is 19.4 Å². The molecule has 1 saturated carbocycles. The molecule has 0 bridgehead atoms. The SMILES string of the molecule is CCCOC1C(O)CC1OC1CCOC1. The average Bonchev–Trinajstić information content (AvgIpc) is 2.70. The molecule has 4 atom stereocenters. The zero-order valence-corrected chi connectivity index (χ0v) is 9.22. The Kier molecular flexibility index (Phi) is 3.97. The fourth-order valence-corrected chi connectivity index (χ4v) is 2.03. The highest BCUT2D eigenvalue weighted by atomic mass is 16.6. The fourth-order valence-electron chi connectivity index (χ4n) is 2.03. The molecule has 0 aromatic rings. The van der Waals surface area contributed by atoms with Gasteiger partial charge in [0.1, 0.15) is 6.10 Å². The van der Waals surface area contributed by atoms with E-state index in [9.17, 15) is 5.11 Å². The normalized spacial score (nSPS) is 40.4. The van der Waals surface area contributed by atoms with Gasteiger partial charge in [-0.15, -0.1) is 0 Å². The molecular weight excluding hydrogens is 196 g/mol. The maximum atomic E-state index is 9.54. The number of ether oxygens (including phenoxy) is 3. The monoisotopic (exact) mass is 216 g/mol. The van der Waals surface area contributed by atoms with Crippen molar-refractivity contribution >= 4 is 0 Å². The summed E-state index contributed by atoms with van der Waals surface area (Å²) in [5.74, 6) is 0. The minimum Gasteiger partial charge on any atom is -0.390 e. The molecule has 15 heavy (non-hydrogen) atoms. The highest BCUT2D eigenvalue weighted by Gasteiger charge is 2.43. The third kappa shape index (κ3) is 2.69. The molecule has 0 aromatic carbocycles. The van der Waals surface area contributed by atoms with Crippen LogP contribution in [0.25, 0.3) is 0 Å². The lowest BCUT2D eigenvalue weighted by molar-refractivity contribution is -0.206. The second-order valence-corrected chi connectivity index (χ2v) is 4.30. The van der Waals surface area contributed by atoms with Gasteiger partial charge in [-0.2, -0.15) is 0 Å². The van der Waals surface area contributed by atoms with Crippen molar-refractivity contribution in [1.29, 1.82) is 0 Å². The Balaban J connectivity index is 1.72. The zero-order chi connectivity index (χ0) is 10.7. The van der Waals surface area contributed by atoms with E-state index in [2.05, 4.69) is 6.92 Å². The summed E-state index contributed by atoms with van der Waals surface area (Å²) in [5, 5.41) is 9.54. The second-order valence-electron chi connectivity index (χ2n) is 4.30. The number of hydrogen-bond acceptors (Lipinski definition) is 4. The minimum absolute atomic E-state index is 0.0678. The van der Waals surface area contributed by atoms with E-state index in [-0.39, 0.29) is 24.4 Å². The van der Waals surface area contributed by atoms with E-state index in [4.69, 9.17) is 14.2 Å². The Morgan fingerprint density at radius 2 is 2.33 bits per heavy atom. The molecule has 0 aromatic heterocycles. The first-order valence-corrected chi connectivity index (χ1v) is 5.84. The van der Waals surface area contributed by atoms with Crippen molar-refractivity contribution in [2.45, 2.75) is 50.6 Å². The summed E-state index contributed by atoms with van der Waals surface area (Å²) in [6.07, 6.45) is 2.45. The van der Waals surface area contributed by atoms with Crippen molar-refractivity contribution in [3.63, 3.8) is 0 Å². The van der Waals surface area contributed by atoms with Crippen LogP contribution in [-0.4, -0.2) is 49.3 Å². The Morgan fingerprint density at radius 3 is 2.93 bits per heavy atom. The summed E-state index contributed by atoms with van der Waals surface area (Å²) < 4.78 is 16.6. The second kappa shape index (κ2) is 5.25. The Bertz CT molecular complexity index is 191. The van der Waals surface area contributed by atoms with Gasteiger partial charge in [-0.05, 0) is 12.8 Å². The van der Waals surface area contributed by atoms with Crippen molar-refractivity contribution in [3.8, 4) is 0 Å². The van der Waals surface area contributed by atoms with E-state index in [1.807, 2.05) is 0 Å². The number of hydrogen-bond donors (Lipinski definition) is 1. The molecule has 0 radical (unpaired) electrons. The summed E-state index contributed by atoms with van der Waals surface area (Å²) in [6.45, 7) is 4.24. The van der Waals surface area contributed by atoms with Crippen LogP contribution in [0, 0.1) is 0 Å². The smallest absolute Gasteiger partial charge is 0.110 e. The predicted molar refractivity (Wildman–Crippen MR) is 54.8 cm³/mol. The third-order valence-electron chi connectivity index (χ3n) is 2.99. The van der Waals surface area contributed by atoms with Gasteiger partial charge in [-0.1, -0.05) is 6.92 Å². The molecule has 2 aliphatic rings. The number of aliphatic hydroxyl groups is 1. The highest BCUT2D eigenvalue weighted by molar-refractivity contribution is 4.93. The van der Waals surface area contributed by atoms with E-state index < -0.39 is 0 Å². The summed E-state index contributed by atoms with van der Waals surface area (Å²) in [5.41, 5.74) is 0. The first-order valence-electron chi connectivity index (χ1n) is 5.84. The summed E-state index contributed by atoms with van der Waals surface area (Å²) in [7, 11) is 0. The molecular formula is C11H20O4. The molecule has 4 heteroatoms. The van der Waals surface area contributed by atoms with Gasteiger partial charge < -0.3 is 19.3 Å². The van der Waals surface area contributed by atoms with Gasteiger partial charge in [-0.25, -0.2) is 0 Å². The first-order chi connectivity index (χ1) is 7.31. The van der Waals surface area contributed by atoms with Gasteiger partial charge in [0.25, 0.3) is 0 Å². The molecule has 1 N–H and O–H groups in total.